The second-order valence-corrected chi connectivity index (χ2v) is 8.62. The molecule has 0 saturated carbocycles. The molecule has 0 heterocycles. The number of nitrogens with one attached hydrogen (secondary N) is 2. The van der Waals surface area contributed by atoms with Crippen molar-refractivity contribution >= 4 is 69.5 Å². The van der Waals surface area contributed by atoms with E-state index in [9.17, 15) is 9.59 Å². The Morgan fingerprint density at radius 2 is 1.67 bits per heavy atom. The summed E-state index contributed by atoms with van der Waals surface area (Å²) in [6.07, 6.45) is 1.48. The molecule has 0 unspecified atom stereocenters. The van der Waals surface area contributed by atoms with Crippen molar-refractivity contribution in [3.05, 3.63) is 85.4 Å². The van der Waals surface area contributed by atoms with Crippen LogP contribution in [0.3, 0.4) is 0 Å². The van der Waals surface area contributed by atoms with Crippen LogP contribution in [0.25, 0.3) is 0 Å². The van der Waals surface area contributed by atoms with Crippen LogP contribution in [-0.4, -0.2) is 31.7 Å². The molecule has 33 heavy (non-hydrogen) atoms. The van der Waals surface area contributed by atoms with E-state index in [0.717, 1.165) is 0 Å². The molecule has 0 saturated heterocycles. The second kappa shape index (κ2) is 11.9. The molecule has 3 aromatic rings. The Hall–Kier alpha value is -2.82. The van der Waals surface area contributed by atoms with Gasteiger partial charge in [-0.15, -0.1) is 0 Å². The first kappa shape index (κ1) is 24.8. The highest BCUT2D eigenvalue weighted by Gasteiger charge is 2.13. The minimum atomic E-state index is -0.365. The van der Waals surface area contributed by atoms with Gasteiger partial charge in [0.1, 0.15) is 0 Å². The molecule has 3 rings (SSSR count). The van der Waals surface area contributed by atoms with Crippen LogP contribution in [0.4, 0.5) is 5.69 Å². The predicted octanol–water partition coefficient (Wildman–Crippen LogP) is 5.39. The van der Waals surface area contributed by atoms with Gasteiger partial charge in [-0.2, -0.15) is 5.10 Å². The first-order valence-electron chi connectivity index (χ1n) is 9.50. The molecule has 0 radical (unpaired) electrons. The van der Waals surface area contributed by atoms with Crippen molar-refractivity contribution in [2.24, 2.45) is 5.10 Å². The Morgan fingerprint density at radius 3 is 2.30 bits per heavy atom. The van der Waals surface area contributed by atoms with Gasteiger partial charge in [-0.05, 0) is 88.8 Å². The topological polar surface area (TPSA) is 89.0 Å². The van der Waals surface area contributed by atoms with E-state index in [1.54, 1.807) is 60.7 Å². The van der Waals surface area contributed by atoms with Crippen molar-refractivity contribution in [3.8, 4) is 11.5 Å². The average Bonchev–Trinajstić information content (AvgIpc) is 2.80. The molecule has 0 aromatic heterocycles. The Kier molecular flexibility index (Phi) is 8.93. The number of rotatable bonds is 8. The molecule has 0 fully saturated rings. The highest BCUT2D eigenvalue weighted by Crippen LogP contribution is 2.33. The molecule has 2 N–H and O–H groups in total. The third-order valence-corrected chi connectivity index (χ3v) is 5.52. The SMILES string of the molecule is COc1cc(/C=N/NC(=O)c2ccc(Cl)cc2)cc(I)c1OCC(=O)Nc1ccc(Cl)cc1. The number of anilines is 1. The number of ether oxygens (including phenoxy) is 2. The van der Waals surface area contributed by atoms with Gasteiger partial charge in [-0.25, -0.2) is 5.43 Å². The average molecular weight is 598 g/mol. The zero-order chi connectivity index (χ0) is 23.8. The fourth-order valence-electron chi connectivity index (χ4n) is 2.65. The maximum atomic E-state index is 12.2. The van der Waals surface area contributed by atoms with E-state index in [2.05, 4.69) is 38.4 Å². The quantitative estimate of drug-likeness (QED) is 0.207. The van der Waals surface area contributed by atoms with Gasteiger partial charge in [0.25, 0.3) is 11.8 Å². The van der Waals surface area contributed by atoms with Gasteiger partial charge in [0, 0.05) is 21.3 Å². The minimum Gasteiger partial charge on any atom is -0.493 e. The summed E-state index contributed by atoms with van der Waals surface area (Å²) < 4.78 is 11.8. The second-order valence-electron chi connectivity index (χ2n) is 6.58. The summed E-state index contributed by atoms with van der Waals surface area (Å²) in [5.41, 5.74) is 4.18. The van der Waals surface area contributed by atoms with Crippen LogP contribution in [0.1, 0.15) is 15.9 Å². The highest BCUT2D eigenvalue weighted by molar-refractivity contribution is 14.1. The first-order chi connectivity index (χ1) is 15.9. The summed E-state index contributed by atoms with van der Waals surface area (Å²) in [4.78, 5) is 24.3. The fraction of sp³-hybridized carbons (Fsp3) is 0.0870. The van der Waals surface area contributed by atoms with Crippen LogP contribution in [0.5, 0.6) is 11.5 Å². The number of amides is 2. The van der Waals surface area contributed by atoms with Crippen LogP contribution in [0, 0.1) is 3.57 Å². The summed E-state index contributed by atoms with van der Waals surface area (Å²) in [5.74, 6) is 0.153. The molecule has 10 heteroatoms. The summed E-state index contributed by atoms with van der Waals surface area (Å²) in [6.45, 7) is -0.209. The van der Waals surface area contributed by atoms with Crippen LogP contribution in [0.2, 0.25) is 10.0 Å². The number of hydrazone groups is 1. The van der Waals surface area contributed by atoms with Crippen molar-refractivity contribution in [2.75, 3.05) is 19.0 Å². The number of benzene rings is 3. The Balaban J connectivity index is 1.62. The summed E-state index contributed by atoms with van der Waals surface area (Å²) in [7, 11) is 1.50. The van der Waals surface area contributed by atoms with Gasteiger partial charge in [0.2, 0.25) is 0 Å². The van der Waals surface area contributed by atoms with Gasteiger partial charge < -0.3 is 14.8 Å². The number of carbonyl (C=O) groups is 2. The molecule has 0 atom stereocenters. The molecule has 0 aliphatic heterocycles. The third kappa shape index (κ3) is 7.34. The lowest BCUT2D eigenvalue weighted by molar-refractivity contribution is -0.118. The van der Waals surface area contributed by atoms with Crippen molar-refractivity contribution in [2.45, 2.75) is 0 Å². The number of halogens is 3. The lowest BCUT2D eigenvalue weighted by Crippen LogP contribution is -2.20. The molecular weight excluding hydrogens is 580 g/mol. The maximum absolute atomic E-state index is 12.2. The summed E-state index contributed by atoms with van der Waals surface area (Å²) >= 11 is 13.7. The van der Waals surface area contributed by atoms with E-state index in [4.69, 9.17) is 32.7 Å². The molecule has 170 valence electrons. The largest absolute Gasteiger partial charge is 0.493 e. The number of hydrogen-bond donors (Lipinski definition) is 2. The lowest BCUT2D eigenvalue weighted by atomic mass is 10.2. The summed E-state index contributed by atoms with van der Waals surface area (Å²) in [6, 6.07) is 16.7. The van der Waals surface area contributed by atoms with E-state index in [0.29, 0.717) is 41.9 Å². The minimum absolute atomic E-state index is 0.209. The van der Waals surface area contributed by atoms with Crippen LogP contribution < -0.4 is 20.2 Å². The molecular formula is C23H18Cl2IN3O4. The number of nitrogens with zero attached hydrogens (tertiary/aromatic N) is 1. The fourth-order valence-corrected chi connectivity index (χ4v) is 3.69. The van der Waals surface area contributed by atoms with Crippen molar-refractivity contribution < 1.29 is 19.1 Å². The number of hydrogen-bond acceptors (Lipinski definition) is 5. The van der Waals surface area contributed by atoms with E-state index in [1.165, 1.54) is 13.3 Å². The zero-order valence-electron chi connectivity index (χ0n) is 17.3. The lowest BCUT2D eigenvalue weighted by Gasteiger charge is -2.13. The van der Waals surface area contributed by atoms with Gasteiger partial charge in [-0.3, -0.25) is 9.59 Å². The monoisotopic (exact) mass is 597 g/mol. The predicted molar refractivity (Wildman–Crippen MR) is 138 cm³/mol. The Labute approximate surface area is 214 Å². The van der Waals surface area contributed by atoms with Crippen LogP contribution in [-0.2, 0) is 4.79 Å². The molecule has 0 aliphatic rings. The smallest absolute Gasteiger partial charge is 0.271 e. The van der Waals surface area contributed by atoms with Gasteiger partial charge >= 0.3 is 0 Å². The molecule has 7 nitrogen and oxygen atoms in total. The zero-order valence-corrected chi connectivity index (χ0v) is 20.9. The van der Waals surface area contributed by atoms with Crippen molar-refractivity contribution in [1.29, 1.82) is 0 Å². The molecule has 0 spiro atoms. The normalized spacial score (nSPS) is 10.7. The van der Waals surface area contributed by atoms with Crippen molar-refractivity contribution in [3.63, 3.8) is 0 Å². The van der Waals surface area contributed by atoms with Crippen molar-refractivity contribution in [1.82, 2.24) is 5.43 Å². The van der Waals surface area contributed by atoms with Gasteiger partial charge in [0.15, 0.2) is 18.1 Å². The Morgan fingerprint density at radius 1 is 1.03 bits per heavy atom. The van der Waals surface area contributed by atoms with E-state index >= 15 is 0 Å². The Bertz CT molecular complexity index is 1170. The maximum Gasteiger partial charge on any atom is 0.271 e. The third-order valence-electron chi connectivity index (χ3n) is 4.21. The van der Waals surface area contributed by atoms with Gasteiger partial charge in [-0.1, -0.05) is 23.2 Å². The number of methoxy groups -OCH3 is 1. The first-order valence-corrected chi connectivity index (χ1v) is 11.3. The molecule has 3 aromatic carbocycles. The van der Waals surface area contributed by atoms with Crippen LogP contribution >= 0.6 is 45.8 Å². The number of carbonyl (C=O) groups excluding carboxylic acids is 2. The highest BCUT2D eigenvalue weighted by atomic mass is 127. The molecule has 2 amide bonds. The van der Waals surface area contributed by atoms with E-state index in [-0.39, 0.29) is 18.4 Å². The standard InChI is InChI=1S/C23H18Cl2IN3O4/c1-32-20-11-14(12-27-29-23(31)15-2-4-16(24)5-3-15)10-19(26)22(20)33-13-21(30)28-18-8-6-17(25)7-9-18/h2-12H,13H2,1H3,(H,28,30)(H,29,31)/b27-12+. The summed E-state index contributed by atoms with van der Waals surface area (Å²) in [5, 5.41) is 7.83. The molecule has 0 bridgehead atoms. The van der Waals surface area contributed by atoms with Crippen LogP contribution in [0.15, 0.2) is 65.8 Å². The van der Waals surface area contributed by atoms with E-state index < -0.39 is 0 Å². The van der Waals surface area contributed by atoms with E-state index in [1.807, 2.05) is 0 Å². The van der Waals surface area contributed by atoms with Gasteiger partial charge in [0.05, 0.1) is 16.9 Å². The molecule has 0 aliphatic carbocycles.